The molecule has 25 heavy (non-hydrogen) atoms. The number of nitrogens with zero attached hydrogens (tertiary/aromatic N) is 1. The summed E-state index contributed by atoms with van der Waals surface area (Å²) in [6.45, 7) is 4.10. The Balaban J connectivity index is 1.60. The fourth-order valence-corrected chi connectivity index (χ4v) is 3.20. The zero-order valence-corrected chi connectivity index (χ0v) is 14.8. The van der Waals surface area contributed by atoms with Crippen LogP contribution in [-0.4, -0.2) is 17.9 Å². The van der Waals surface area contributed by atoms with Crippen LogP contribution >= 0.6 is 0 Å². The second kappa shape index (κ2) is 7.51. The van der Waals surface area contributed by atoms with Crippen molar-refractivity contribution in [2.24, 2.45) is 0 Å². The van der Waals surface area contributed by atoms with Gasteiger partial charge >= 0.3 is 0 Å². The summed E-state index contributed by atoms with van der Waals surface area (Å²) in [6.07, 6.45) is 2.63. The van der Waals surface area contributed by atoms with Crippen LogP contribution < -0.4 is 10.2 Å². The number of aryl methyl sites for hydroxylation is 2. The highest BCUT2D eigenvalue weighted by Crippen LogP contribution is 2.28. The Kier molecular flexibility index (Phi) is 5.17. The molecule has 1 aliphatic rings. The van der Waals surface area contributed by atoms with Crippen LogP contribution in [0.1, 0.15) is 37.3 Å². The number of hydrogen-bond donors (Lipinski definition) is 1. The number of benzene rings is 2. The molecule has 1 N–H and O–H groups in total. The van der Waals surface area contributed by atoms with Crippen molar-refractivity contribution in [3.63, 3.8) is 0 Å². The Morgan fingerprint density at radius 1 is 1.20 bits per heavy atom. The standard InChI is InChI=1S/C21H24N2O2/c1-15-6-9-17(10-7-15)11-12-20(24)22-18-4-3-5-19(14-18)23-16(2)8-13-21(23)25/h3-7,9-10,14,16H,8,11-13H2,1-2H3,(H,22,24). The van der Waals surface area contributed by atoms with E-state index in [4.69, 9.17) is 0 Å². The van der Waals surface area contributed by atoms with Gasteiger partial charge in [-0.05, 0) is 50.5 Å². The first-order valence-electron chi connectivity index (χ1n) is 8.80. The van der Waals surface area contributed by atoms with Crippen LogP contribution in [0.3, 0.4) is 0 Å². The maximum absolute atomic E-state index is 12.2. The van der Waals surface area contributed by atoms with Gasteiger partial charge in [-0.2, -0.15) is 0 Å². The topological polar surface area (TPSA) is 49.4 Å². The molecule has 4 nitrogen and oxygen atoms in total. The first kappa shape index (κ1) is 17.2. The maximum atomic E-state index is 12.2. The van der Waals surface area contributed by atoms with E-state index in [0.717, 1.165) is 23.4 Å². The Hall–Kier alpha value is -2.62. The molecule has 1 unspecified atom stereocenters. The molecule has 0 aliphatic carbocycles. The normalized spacial score (nSPS) is 17.0. The number of carbonyl (C=O) groups is 2. The van der Waals surface area contributed by atoms with Gasteiger partial charge in [0.15, 0.2) is 0 Å². The summed E-state index contributed by atoms with van der Waals surface area (Å²) in [6, 6.07) is 16.0. The van der Waals surface area contributed by atoms with Crippen molar-refractivity contribution in [2.75, 3.05) is 10.2 Å². The third kappa shape index (κ3) is 4.27. The second-order valence-electron chi connectivity index (χ2n) is 6.74. The van der Waals surface area contributed by atoms with Crippen LogP contribution in [0, 0.1) is 6.92 Å². The molecule has 1 aliphatic heterocycles. The van der Waals surface area contributed by atoms with E-state index in [1.807, 2.05) is 29.2 Å². The summed E-state index contributed by atoms with van der Waals surface area (Å²) in [5.41, 5.74) is 3.96. The summed E-state index contributed by atoms with van der Waals surface area (Å²) in [4.78, 5) is 26.1. The molecule has 0 saturated carbocycles. The molecule has 0 radical (unpaired) electrons. The Morgan fingerprint density at radius 3 is 2.64 bits per heavy atom. The van der Waals surface area contributed by atoms with Crippen LogP contribution in [0.25, 0.3) is 0 Å². The van der Waals surface area contributed by atoms with Gasteiger partial charge in [0.25, 0.3) is 0 Å². The molecule has 0 aromatic heterocycles. The number of rotatable bonds is 5. The lowest BCUT2D eigenvalue weighted by molar-refractivity contribution is -0.117. The van der Waals surface area contributed by atoms with Gasteiger partial charge in [0.05, 0.1) is 0 Å². The molecule has 130 valence electrons. The zero-order chi connectivity index (χ0) is 17.8. The zero-order valence-electron chi connectivity index (χ0n) is 14.8. The van der Waals surface area contributed by atoms with Gasteiger partial charge in [0, 0.05) is 30.3 Å². The number of anilines is 2. The van der Waals surface area contributed by atoms with Crippen LogP contribution in [0.4, 0.5) is 11.4 Å². The monoisotopic (exact) mass is 336 g/mol. The molecule has 1 heterocycles. The largest absolute Gasteiger partial charge is 0.326 e. The van der Waals surface area contributed by atoms with Crippen LogP contribution in [0.2, 0.25) is 0 Å². The third-order valence-corrected chi connectivity index (χ3v) is 4.65. The van der Waals surface area contributed by atoms with Gasteiger partial charge in [-0.1, -0.05) is 35.9 Å². The molecule has 3 rings (SSSR count). The average Bonchev–Trinajstić information content (AvgIpc) is 2.93. The molecule has 1 saturated heterocycles. The summed E-state index contributed by atoms with van der Waals surface area (Å²) in [5.74, 6) is 0.133. The minimum Gasteiger partial charge on any atom is -0.326 e. The highest BCUT2D eigenvalue weighted by atomic mass is 16.2. The van der Waals surface area contributed by atoms with Crippen LogP contribution in [0.15, 0.2) is 48.5 Å². The van der Waals surface area contributed by atoms with Crippen LogP contribution in [0.5, 0.6) is 0 Å². The number of hydrogen-bond acceptors (Lipinski definition) is 2. The van der Waals surface area contributed by atoms with Crippen molar-refractivity contribution < 1.29 is 9.59 Å². The lowest BCUT2D eigenvalue weighted by atomic mass is 10.1. The maximum Gasteiger partial charge on any atom is 0.227 e. The third-order valence-electron chi connectivity index (χ3n) is 4.65. The van der Waals surface area contributed by atoms with E-state index in [-0.39, 0.29) is 17.9 Å². The SMILES string of the molecule is Cc1ccc(CCC(=O)Nc2cccc(N3C(=O)CCC3C)c2)cc1. The first-order valence-corrected chi connectivity index (χ1v) is 8.80. The van der Waals surface area contributed by atoms with E-state index < -0.39 is 0 Å². The molecule has 0 bridgehead atoms. The Morgan fingerprint density at radius 2 is 1.96 bits per heavy atom. The van der Waals surface area contributed by atoms with Crippen molar-refractivity contribution in [3.8, 4) is 0 Å². The van der Waals surface area contributed by atoms with Crippen LogP contribution in [-0.2, 0) is 16.0 Å². The minimum atomic E-state index is -0.0153. The van der Waals surface area contributed by atoms with Gasteiger partial charge in [-0.3, -0.25) is 9.59 Å². The predicted octanol–water partition coefficient (Wildman–Crippen LogP) is 4.08. The number of amides is 2. The Bertz CT molecular complexity index is 768. The van der Waals surface area contributed by atoms with Crippen molar-refractivity contribution in [3.05, 3.63) is 59.7 Å². The molecule has 0 spiro atoms. The summed E-state index contributed by atoms with van der Waals surface area (Å²) < 4.78 is 0. The summed E-state index contributed by atoms with van der Waals surface area (Å²) in [5, 5.41) is 2.94. The van der Waals surface area contributed by atoms with Gasteiger partial charge < -0.3 is 10.2 Å². The summed E-state index contributed by atoms with van der Waals surface area (Å²) >= 11 is 0. The molecule has 1 fully saturated rings. The minimum absolute atomic E-state index is 0.0153. The fourth-order valence-electron chi connectivity index (χ4n) is 3.20. The van der Waals surface area contributed by atoms with Crippen molar-refractivity contribution in [1.29, 1.82) is 0 Å². The molecule has 2 aromatic carbocycles. The van der Waals surface area contributed by atoms with E-state index in [2.05, 4.69) is 43.4 Å². The molecular weight excluding hydrogens is 312 g/mol. The van der Waals surface area contributed by atoms with E-state index in [1.165, 1.54) is 5.56 Å². The molecule has 2 aromatic rings. The van der Waals surface area contributed by atoms with E-state index >= 15 is 0 Å². The number of nitrogens with one attached hydrogen (secondary N) is 1. The highest BCUT2D eigenvalue weighted by Gasteiger charge is 2.28. The molecule has 2 amide bonds. The van der Waals surface area contributed by atoms with E-state index in [0.29, 0.717) is 19.3 Å². The van der Waals surface area contributed by atoms with Crippen molar-refractivity contribution >= 4 is 23.2 Å². The average molecular weight is 336 g/mol. The molecule has 1 atom stereocenters. The van der Waals surface area contributed by atoms with Gasteiger partial charge in [-0.15, -0.1) is 0 Å². The van der Waals surface area contributed by atoms with Gasteiger partial charge in [0.1, 0.15) is 0 Å². The Labute approximate surface area is 148 Å². The number of carbonyl (C=O) groups excluding carboxylic acids is 2. The lowest BCUT2D eigenvalue weighted by Gasteiger charge is -2.22. The lowest BCUT2D eigenvalue weighted by Crippen LogP contribution is -2.30. The quantitative estimate of drug-likeness (QED) is 0.894. The van der Waals surface area contributed by atoms with E-state index in [9.17, 15) is 9.59 Å². The molecule has 4 heteroatoms. The van der Waals surface area contributed by atoms with Gasteiger partial charge in [-0.25, -0.2) is 0 Å². The first-order chi connectivity index (χ1) is 12.0. The molecular formula is C21H24N2O2. The highest BCUT2D eigenvalue weighted by molar-refractivity contribution is 5.97. The predicted molar refractivity (Wildman–Crippen MR) is 101 cm³/mol. The fraction of sp³-hybridized carbons (Fsp3) is 0.333. The smallest absolute Gasteiger partial charge is 0.227 e. The second-order valence-corrected chi connectivity index (χ2v) is 6.74. The van der Waals surface area contributed by atoms with Gasteiger partial charge in [0.2, 0.25) is 11.8 Å². The van der Waals surface area contributed by atoms with Crippen molar-refractivity contribution in [1.82, 2.24) is 0 Å². The summed E-state index contributed by atoms with van der Waals surface area (Å²) in [7, 11) is 0. The van der Waals surface area contributed by atoms with Crippen molar-refractivity contribution in [2.45, 2.75) is 45.6 Å². The van der Waals surface area contributed by atoms with E-state index in [1.54, 1.807) is 0 Å².